The molecule has 0 saturated carbocycles. The molecule has 0 saturated heterocycles. The fourth-order valence-corrected chi connectivity index (χ4v) is 4.46. The number of esters is 1. The first-order valence-corrected chi connectivity index (χ1v) is 12.0. The minimum atomic E-state index is -0.609. The zero-order valence-corrected chi connectivity index (χ0v) is 21.1. The summed E-state index contributed by atoms with van der Waals surface area (Å²) in [4.78, 5) is 25.1. The lowest BCUT2D eigenvalue weighted by Crippen LogP contribution is -2.17. The van der Waals surface area contributed by atoms with Crippen molar-refractivity contribution in [2.75, 3.05) is 32.4 Å². The van der Waals surface area contributed by atoms with Gasteiger partial charge in [0.25, 0.3) is 0 Å². The highest BCUT2D eigenvalue weighted by Gasteiger charge is 2.20. The number of carbonyl (C=O) groups is 2. The largest absolute Gasteiger partial charge is 0.493 e. The molecule has 0 unspecified atom stereocenters. The molecule has 0 radical (unpaired) electrons. The Morgan fingerprint density at radius 2 is 1.56 bits per heavy atom. The van der Waals surface area contributed by atoms with Crippen LogP contribution in [-0.4, -0.2) is 49.2 Å². The summed E-state index contributed by atoms with van der Waals surface area (Å²) in [5.41, 5.74) is 3.34. The van der Waals surface area contributed by atoms with Crippen LogP contribution in [0.4, 0.5) is 5.69 Å². The lowest BCUT2D eigenvalue weighted by Gasteiger charge is -2.14. The van der Waals surface area contributed by atoms with Crippen molar-refractivity contribution in [3.63, 3.8) is 0 Å². The maximum absolute atomic E-state index is 12.9. The number of fused-ring (bicyclic) bond motifs is 1. The molecule has 36 heavy (non-hydrogen) atoms. The van der Waals surface area contributed by atoms with Crippen LogP contribution in [0, 0.1) is 6.92 Å². The summed E-state index contributed by atoms with van der Waals surface area (Å²) in [7, 11) is 4.20. The van der Waals surface area contributed by atoms with E-state index in [9.17, 15) is 9.59 Å². The van der Waals surface area contributed by atoms with E-state index >= 15 is 0 Å². The summed E-state index contributed by atoms with van der Waals surface area (Å²) in [6.07, 6.45) is 0. The highest BCUT2D eigenvalue weighted by atomic mass is 32.2. The van der Waals surface area contributed by atoms with Crippen LogP contribution in [0.2, 0.25) is 0 Å². The summed E-state index contributed by atoms with van der Waals surface area (Å²) in [5.74, 6) is -0.164. The number of thioether (sulfide) groups is 1. The lowest BCUT2D eigenvalue weighted by molar-refractivity contribution is -0.113. The van der Waals surface area contributed by atoms with E-state index < -0.39 is 5.97 Å². The first kappa shape index (κ1) is 25.0. The summed E-state index contributed by atoms with van der Waals surface area (Å²) in [5, 5.41) is 14.1. The van der Waals surface area contributed by atoms with E-state index in [0.717, 1.165) is 22.0 Å². The highest BCUT2D eigenvalue weighted by molar-refractivity contribution is 8.00. The van der Waals surface area contributed by atoms with Gasteiger partial charge in [0.05, 0.1) is 38.3 Å². The minimum absolute atomic E-state index is 0.0531. The monoisotopic (exact) mass is 503 g/mol. The van der Waals surface area contributed by atoms with Crippen LogP contribution in [-0.2, 0) is 9.53 Å². The fourth-order valence-electron chi connectivity index (χ4n) is 3.69. The third kappa shape index (κ3) is 5.26. The van der Waals surface area contributed by atoms with Crippen molar-refractivity contribution >= 4 is 40.1 Å². The molecular formula is C27H25N3O5S. The second-order valence-electron chi connectivity index (χ2n) is 7.85. The number of nitrogens with one attached hydrogen (secondary N) is 1. The van der Waals surface area contributed by atoms with Gasteiger partial charge in [-0.1, -0.05) is 65.9 Å². The molecule has 0 bridgehead atoms. The van der Waals surface area contributed by atoms with Gasteiger partial charge < -0.3 is 19.5 Å². The number of aryl methyl sites for hydroxylation is 1. The first-order valence-electron chi connectivity index (χ1n) is 11.0. The molecule has 0 atom stereocenters. The second-order valence-corrected chi connectivity index (χ2v) is 8.81. The number of aromatic nitrogens is 2. The first-order chi connectivity index (χ1) is 17.4. The molecule has 184 valence electrons. The van der Waals surface area contributed by atoms with Gasteiger partial charge in [-0.15, -0.1) is 10.2 Å². The van der Waals surface area contributed by atoms with Crippen LogP contribution in [0.15, 0.2) is 65.7 Å². The summed E-state index contributed by atoms with van der Waals surface area (Å²) in [6, 6.07) is 19.0. The number of rotatable bonds is 8. The van der Waals surface area contributed by atoms with Crippen LogP contribution in [0.1, 0.15) is 15.9 Å². The van der Waals surface area contributed by atoms with Crippen molar-refractivity contribution in [3.05, 3.63) is 71.8 Å². The van der Waals surface area contributed by atoms with Crippen molar-refractivity contribution in [2.45, 2.75) is 11.9 Å². The van der Waals surface area contributed by atoms with E-state index in [4.69, 9.17) is 14.2 Å². The quantitative estimate of drug-likeness (QED) is 0.261. The van der Waals surface area contributed by atoms with Gasteiger partial charge in [0.1, 0.15) is 10.7 Å². The Bertz CT molecular complexity index is 1420. The normalized spacial score (nSPS) is 10.7. The molecule has 0 aliphatic heterocycles. The van der Waals surface area contributed by atoms with Gasteiger partial charge in [-0.3, -0.25) is 4.79 Å². The van der Waals surface area contributed by atoms with Crippen LogP contribution < -0.4 is 14.8 Å². The van der Waals surface area contributed by atoms with E-state index in [2.05, 4.69) is 15.5 Å². The van der Waals surface area contributed by atoms with Crippen molar-refractivity contribution in [1.82, 2.24) is 10.2 Å². The number of benzene rings is 3. The molecule has 0 spiro atoms. The van der Waals surface area contributed by atoms with Gasteiger partial charge in [0, 0.05) is 28.5 Å². The smallest absolute Gasteiger partial charge is 0.340 e. The van der Waals surface area contributed by atoms with Crippen LogP contribution in [0.5, 0.6) is 11.5 Å². The number of hydrogen-bond acceptors (Lipinski definition) is 8. The van der Waals surface area contributed by atoms with Crippen LogP contribution in [0.25, 0.3) is 22.0 Å². The molecule has 4 rings (SSSR count). The van der Waals surface area contributed by atoms with Crippen LogP contribution in [0.3, 0.4) is 0 Å². The number of carbonyl (C=O) groups excluding carboxylic acids is 2. The molecule has 9 heteroatoms. The fraction of sp³-hybridized carbons (Fsp3) is 0.185. The Balaban J connectivity index is 1.57. The maximum atomic E-state index is 12.9. The van der Waals surface area contributed by atoms with E-state index in [-0.39, 0.29) is 22.9 Å². The summed E-state index contributed by atoms with van der Waals surface area (Å²) >= 11 is 1.26. The van der Waals surface area contributed by atoms with Gasteiger partial charge in [0.15, 0.2) is 11.5 Å². The van der Waals surface area contributed by atoms with E-state index in [1.165, 1.54) is 50.8 Å². The van der Waals surface area contributed by atoms with Gasteiger partial charge in [-0.05, 0) is 6.92 Å². The third-order valence-corrected chi connectivity index (χ3v) is 6.50. The van der Waals surface area contributed by atoms with Crippen LogP contribution >= 0.6 is 11.8 Å². The topological polar surface area (TPSA) is 99.6 Å². The number of hydrogen-bond donors (Lipinski definition) is 1. The molecule has 3 aromatic carbocycles. The number of ether oxygens (including phenoxy) is 3. The molecular weight excluding hydrogens is 478 g/mol. The molecule has 0 aliphatic rings. The Hall–Kier alpha value is -4.11. The summed E-state index contributed by atoms with van der Waals surface area (Å²) < 4.78 is 15.4. The Labute approximate surface area is 213 Å². The van der Waals surface area contributed by atoms with E-state index in [0.29, 0.717) is 16.5 Å². The second kappa shape index (κ2) is 11.1. The van der Waals surface area contributed by atoms with E-state index in [1.807, 2.05) is 55.5 Å². The molecule has 1 heterocycles. The molecule has 8 nitrogen and oxygen atoms in total. The molecule has 0 aliphatic carbocycles. The number of nitrogens with zero attached hydrogens (tertiary/aromatic N) is 2. The average molecular weight is 504 g/mol. The van der Waals surface area contributed by atoms with Crippen molar-refractivity contribution in [3.8, 4) is 22.8 Å². The van der Waals surface area contributed by atoms with E-state index in [1.54, 1.807) is 0 Å². The predicted octanol–water partition coefficient (Wildman–Crippen LogP) is 5.14. The van der Waals surface area contributed by atoms with Crippen molar-refractivity contribution in [2.24, 2.45) is 0 Å². The maximum Gasteiger partial charge on any atom is 0.340 e. The van der Waals surface area contributed by atoms with Gasteiger partial charge >= 0.3 is 5.97 Å². The average Bonchev–Trinajstić information content (AvgIpc) is 2.91. The molecule has 1 N–H and O–H groups in total. The standard InChI is InChI=1S/C27H25N3O5S/c1-16-9-11-17(12-10-16)25-18-7-5-6-8-19(18)26(30-29-25)36-15-24(31)28-21-14-23(34-3)22(33-2)13-20(21)27(32)35-4/h5-14H,15H2,1-4H3,(H,28,31). The molecule has 4 aromatic rings. The van der Waals surface area contributed by atoms with Gasteiger partial charge in [0.2, 0.25) is 5.91 Å². The van der Waals surface area contributed by atoms with Crippen molar-refractivity contribution < 1.29 is 23.8 Å². The zero-order chi connectivity index (χ0) is 25.7. The SMILES string of the molecule is COC(=O)c1cc(OC)c(OC)cc1NC(=O)CSc1nnc(-c2ccc(C)cc2)c2ccccc12. The molecule has 0 fully saturated rings. The minimum Gasteiger partial charge on any atom is -0.493 e. The number of anilines is 1. The lowest BCUT2D eigenvalue weighted by atomic mass is 10.0. The van der Waals surface area contributed by atoms with Crippen molar-refractivity contribution in [1.29, 1.82) is 0 Å². The molecule has 1 amide bonds. The third-order valence-electron chi connectivity index (χ3n) is 5.52. The summed E-state index contributed by atoms with van der Waals surface area (Å²) in [6.45, 7) is 2.04. The predicted molar refractivity (Wildman–Crippen MR) is 140 cm³/mol. The Morgan fingerprint density at radius 1 is 0.889 bits per heavy atom. The Kier molecular flexibility index (Phi) is 7.70. The van der Waals surface area contributed by atoms with Gasteiger partial charge in [-0.2, -0.15) is 0 Å². The zero-order valence-electron chi connectivity index (χ0n) is 20.3. The Morgan fingerprint density at radius 3 is 2.22 bits per heavy atom. The number of methoxy groups -OCH3 is 3. The number of amides is 1. The molecule has 1 aromatic heterocycles. The highest BCUT2D eigenvalue weighted by Crippen LogP contribution is 2.35. The van der Waals surface area contributed by atoms with Gasteiger partial charge in [-0.25, -0.2) is 4.79 Å².